The van der Waals surface area contributed by atoms with Gasteiger partial charge in [-0.1, -0.05) is 25.5 Å². The molecule has 0 aromatic heterocycles. The summed E-state index contributed by atoms with van der Waals surface area (Å²) in [5.74, 6) is 1.53. The summed E-state index contributed by atoms with van der Waals surface area (Å²) < 4.78 is 0. The number of hydrogen-bond donors (Lipinski definition) is 3. The molecule has 0 aliphatic heterocycles. The van der Waals surface area contributed by atoms with Crippen LogP contribution in [0, 0.1) is 28.6 Å². The second kappa shape index (κ2) is 6.74. The highest BCUT2D eigenvalue weighted by Gasteiger charge is 2.56. The van der Waals surface area contributed by atoms with E-state index >= 15 is 0 Å². The highest BCUT2D eigenvalue weighted by molar-refractivity contribution is 5.24. The Labute approximate surface area is 147 Å². The zero-order valence-electron chi connectivity index (χ0n) is 16.0. The standard InChI is InChI=1S/C21H37NO2/c1-5-14-6-7-17-19(22-4)18(9-11-20(14,17)2)21(3)10-8-16(24)12-15(21)13-23/h5,15-19,22-24H,6-13H2,1-4H3/b14-5+/t15-,16+,17?,18?,19-,20+,21+/m1/s1. The van der Waals surface area contributed by atoms with Crippen LogP contribution >= 0.6 is 0 Å². The third-order valence-corrected chi connectivity index (χ3v) is 8.37. The Morgan fingerprint density at radius 1 is 1.17 bits per heavy atom. The topological polar surface area (TPSA) is 52.5 Å². The molecule has 3 nitrogen and oxygen atoms in total. The van der Waals surface area contributed by atoms with Gasteiger partial charge in [0.2, 0.25) is 0 Å². The van der Waals surface area contributed by atoms with Crippen LogP contribution in [0.3, 0.4) is 0 Å². The molecular formula is C21H37NO2. The molecule has 2 unspecified atom stereocenters. The lowest BCUT2D eigenvalue weighted by Gasteiger charge is -2.56. The number of nitrogens with one attached hydrogen (secondary N) is 1. The molecule has 0 heterocycles. The van der Waals surface area contributed by atoms with Gasteiger partial charge in [0.25, 0.3) is 0 Å². The Morgan fingerprint density at radius 2 is 1.92 bits per heavy atom. The van der Waals surface area contributed by atoms with Crippen molar-refractivity contribution in [2.45, 2.75) is 77.9 Å². The number of hydrogen-bond acceptors (Lipinski definition) is 3. The van der Waals surface area contributed by atoms with Crippen LogP contribution < -0.4 is 5.32 Å². The summed E-state index contributed by atoms with van der Waals surface area (Å²) in [4.78, 5) is 0. The summed E-state index contributed by atoms with van der Waals surface area (Å²) in [5, 5.41) is 23.8. The van der Waals surface area contributed by atoms with Crippen molar-refractivity contribution in [3.8, 4) is 0 Å². The molecule has 3 rings (SSSR count). The smallest absolute Gasteiger partial charge is 0.0544 e. The fraction of sp³-hybridized carbons (Fsp3) is 0.905. The Morgan fingerprint density at radius 3 is 2.54 bits per heavy atom. The molecule has 0 amide bonds. The maximum Gasteiger partial charge on any atom is 0.0544 e. The monoisotopic (exact) mass is 335 g/mol. The van der Waals surface area contributed by atoms with Gasteiger partial charge in [-0.15, -0.1) is 0 Å². The van der Waals surface area contributed by atoms with E-state index in [2.05, 4.69) is 39.2 Å². The van der Waals surface area contributed by atoms with Crippen LogP contribution in [0.2, 0.25) is 0 Å². The van der Waals surface area contributed by atoms with E-state index in [4.69, 9.17) is 0 Å². The summed E-state index contributed by atoms with van der Waals surface area (Å²) >= 11 is 0. The third kappa shape index (κ3) is 2.68. The van der Waals surface area contributed by atoms with Gasteiger partial charge in [-0.05, 0) is 87.5 Å². The summed E-state index contributed by atoms with van der Waals surface area (Å²) in [6.45, 7) is 7.29. The lowest BCUT2D eigenvalue weighted by Crippen LogP contribution is -2.57. The molecule has 0 aromatic rings. The minimum absolute atomic E-state index is 0.141. The van der Waals surface area contributed by atoms with Crippen molar-refractivity contribution >= 4 is 0 Å². The minimum atomic E-state index is -0.224. The number of aliphatic hydroxyl groups excluding tert-OH is 2. The molecule has 3 N–H and O–H groups in total. The lowest BCUT2D eigenvalue weighted by molar-refractivity contribution is -0.0797. The van der Waals surface area contributed by atoms with Crippen molar-refractivity contribution in [3.63, 3.8) is 0 Å². The highest BCUT2D eigenvalue weighted by Crippen LogP contribution is 2.61. The van der Waals surface area contributed by atoms with Crippen molar-refractivity contribution in [2.24, 2.45) is 28.6 Å². The van der Waals surface area contributed by atoms with Crippen LogP contribution in [0.4, 0.5) is 0 Å². The summed E-state index contributed by atoms with van der Waals surface area (Å²) in [6, 6.07) is 0.524. The van der Waals surface area contributed by atoms with Gasteiger partial charge >= 0.3 is 0 Å². The van der Waals surface area contributed by atoms with Gasteiger partial charge in [0.15, 0.2) is 0 Å². The molecule has 0 saturated heterocycles. The van der Waals surface area contributed by atoms with Crippen LogP contribution in [-0.2, 0) is 0 Å². The van der Waals surface area contributed by atoms with E-state index < -0.39 is 0 Å². The fourth-order valence-electron chi connectivity index (χ4n) is 6.78. The predicted octanol–water partition coefficient (Wildman–Crippen LogP) is 3.51. The molecule has 0 bridgehead atoms. The third-order valence-electron chi connectivity index (χ3n) is 8.37. The van der Waals surface area contributed by atoms with E-state index in [0.717, 1.165) is 19.3 Å². The predicted molar refractivity (Wildman–Crippen MR) is 98.7 cm³/mol. The van der Waals surface area contributed by atoms with E-state index in [0.29, 0.717) is 23.3 Å². The Bertz CT molecular complexity index is 490. The first-order valence-corrected chi connectivity index (χ1v) is 10.0. The first-order valence-electron chi connectivity index (χ1n) is 10.0. The number of allylic oxidation sites excluding steroid dienone is 2. The van der Waals surface area contributed by atoms with E-state index in [1.165, 1.54) is 25.7 Å². The molecule has 3 aliphatic carbocycles. The van der Waals surface area contributed by atoms with E-state index in [1.807, 2.05) is 0 Å². The van der Waals surface area contributed by atoms with Gasteiger partial charge < -0.3 is 15.5 Å². The van der Waals surface area contributed by atoms with Crippen molar-refractivity contribution < 1.29 is 10.2 Å². The molecule has 3 aliphatic rings. The number of fused-ring (bicyclic) bond motifs is 1. The number of aliphatic hydroxyl groups is 2. The summed E-state index contributed by atoms with van der Waals surface area (Å²) in [7, 11) is 2.13. The molecule has 3 heteroatoms. The van der Waals surface area contributed by atoms with E-state index in [-0.39, 0.29) is 24.0 Å². The first-order chi connectivity index (χ1) is 11.4. The van der Waals surface area contributed by atoms with E-state index in [1.54, 1.807) is 5.57 Å². The average molecular weight is 336 g/mol. The van der Waals surface area contributed by atoms with Gasteiger partial charge in [-0.3, -0.25) is 0 Å². The van der Waals surface area contributed by atoms with Crippen LogP contribution in [0.25, 0.3) is 0 Å². The van der Waals surface area contributed by atoms with Gasteiger partial charge in [0.1, 0.15) is 0 Å². The van der Waals surface area contributed by atoms with Crippen molar-refractivity contribution in [1.82, 2.24) is 5.32 Å². The normalized spacial score (nSPS) is 50.9. The minimum Gasteiger partial charge on any atom is -0.396 e. The second-order valence-corrected chi connectivity index (χ2v) is 9.15. The molecule has 138 valence electrons. The van der Waals surface area contributed by atoms with Crippen molar-refractivity contribution in [1.29, 1.82) is 0 Å². The molecule has 3 fully saturated rings. The van der Waals surface area contributed by atoms with Gasteiger partial charge in [0.05, 0.1) is 6.10 Å². The van der Waals surface area contributed by atoms with E-state index in [9.17, 15) is 10.2 Å². The van der Waals surface area contributed by atoms with Crippen LogP contribution in [0.15, 0.2) is 11.6 Å². The van der Waals surface area contributed by atoms with Crippen LogP contribution in [0.5, 0.6) is 0 Å². The average Bonchev–Trinajstić information content (AvgIpc) is 2.92. The SMILES string of the molecule is C/C=C1\CCC2[C@@H](NC)C([C@@]3(C)CC[C@H](O)C[C@@H]3CO)CC[C@@]12C. The first kappa shape index (κ1) is 18.4. The molecule has 0 radical (unpaired) electrons. The molecule has 24 heavy (non-hydrogen) atoms. The van der Waals surface area contributed by atoms with Gasteiger partial charge in [-0.2, -0.15) is 0 Å². The quantitative estimate of drug-likeness (QED) is 0.692. The fourth-order valence-corrected chi connectivity index (χ4v) is 6.78. The highest BCUT2D eigenvalue weighted by atomic mass is 16.3. The van der Waals surface area contributed by atoms with Crippen LogP contribution in [-0.4, -0.2) is 36.0 Å². The largest absolute Gasteiger partial charge is 0.396 e. The summed E-state index contributed by atoms with van der Waals surface area (Å²) in [6.07, 6.45) is 9.89. The maximum atomic E-state index is 10.1. The van der Waals surface area contributed by atoms with Crippen molar-refractivity contribution in [2.75, 3.05) is 13.7 Å². The van der Waals surface area contributed by atoms with Gasteiger partial charge in [0, 0.05) is 12.6 Å². The molecule has 3 saturated carbocycles. The Hall–Kier alpha value is -0.380. The Kier molecular flexibility index (Phi) is 5.17. The molecule has 7 atom stereocenters. The zero-order valence-corrected chi connectivity index (χ0v) is 16.0. The van der Waals surface area contributed by atoms with Crippen LogP contribution in [0.1, 0.15) is 65.7 Å². The van der Waals surface area contributed by atoms with Gasteiger partial charge in [-0.25, -0.2) is 0 Å². The summed E-state index contributed by atoms with van der Waals surface area (Å²) in [5.41, 5.74) is 2.16. The number of rotatable bonds is 3. The lowest BCUT2D eigenvalue weighted by atomic mass is 9.51. The van der Waals surface area contributed by atoms with Crippen molar-refractivity contribution in [3.05, 3.63) is 11.6 Å². The Balaban J connectivity index is 1.89. The second-order valence-electron chi connectivity index (χ2n) is 9.15. The maximum absolute atomic E-state index is 10.1. The molecular weight excluding hydrogens is 298 g/mol. The molecule has 0 aromatic carbocycles. The zero-order chi connectivity index (χ0) is 17.5. The molecule has 0 spiro atoms.